The second kappa shape index (κ2) is 5.74. The number of sulfonamides is 1. The average molecular weight is 273 g/mol. The summed E-state index contributed by atoms with van der Waals surface area (Å²) in [5.74, 6) is -2.04. The minimum atomic E-state index is -4.07. The molecule has 0 aliphatic carbocycles. The van der Waals surface area contributed by atoms with E-state index in [4.69, 9.17) is 5.11 Å². The van der Waals surface area contributed by atoms with Crippen molar-refractivity contribution in [1.29, 1.82) is 0 Å². The molecule has 0 radical (unpaired) electrons. The molecule has 98 valence electrons. The van der Waals surface area contributed by atoms with E-state index in [-0.39, 0.29) is 11.3 Å². The Morgan fingerprint density at radius 1 is 1.56 bits per heavy atom. The van der Waals surface area contributed by atoms with Crippen LogP contribution in [-0.4, -0.2) is 25.5 Å². The van der Waals surface area contributed by atoms with Crippen molar-refractivity contribution >= 4 is 16.0 Å². The van der Waals surface area contributed by atoms with E-state index in [2.05, 4.69) is 6.58 Å². The van der Waals surface area contributed by atoms with Crippen LogP contribution in [0.5, 0.6) is 0 Å². The van der Waals surface area contributed by atoms with Crippen LogP contribution in [0.3, 0.4) is 0 Å². The second-order valence-corrected chi connectivity index (χ2v) is 5.21. The fraction of sp³-hybridized carbons (Fsp3) is 0.182. The molecule has 1 unspecified atom stereocenters. The quantitative estimate of drug-likeness (QED) is 0.761. The van der Waals surface area contributed by atoms with Crippen LogP contribution < -0.4 is 4.72 Å². The monoisotopic (exact) mass is 273 g/mol. The van der Waals surface area contributed by atoms with Crippen LogP contribution in [0, 0.1) is 5.82 Å². The van der Waals surface area contributed by atoms with Gasteiger partial charge in [0.25, 0.3) is 0 Å². The van der Waals surface area contributed by atoms with Crippen molar-refractivity contribution in [2.75, 3.05) is 0 Å². The van der Waals surface area contributed by atoms with E-state index in [0.717, 1.165) is 12.1 Å². The Morgan fingerprint density at radius 2 is 2.22 bits per heavy atom. The van der Waals surface area contributed by atoms with Gasteiger partial charge in [0.05, 0.1) is 4.90 Å². The molecule has 2 N–H and O–H groups in total. The fourth-order valence-corrected chi connectivity index (χ4v) is 2.49. The first kappa shape index (κ1) is 14.3. The van der Waals surface area contributed by atoms with E-state index in [1.165, 1.54) is 18.2 Å². The molecule has 1 rings (SSSR count). The zero-order chi connectivity index (χ0) is 13.8. The van der Waals surface area contributed by atoms with Gasteiger partial charge in [0.15, 0.2) is 0 Å². The summed E-state index contributed by atoms with van der Waals surface area (Å²) < 4.78 is 38.5. The van der Waals surface area contributed by atoms with Crippen molar-refractivity contribution in [3.63, 3.8) is 0 Å². The molecule has 0 amide bonds. The summed E-state index contributed by atoms with van der Waals surface area (Å²) >= 11 is 0. The third-order valence-corrected chi connectivity index (χ3v) is 3.57. The van der Waals surface area contributed by atoms with E-state index in [9.17, 15) is 17.6 Å². The smallest absolute Gasteiger partial charge is 0.322 e. The lowest BCUT2D eigenvalue weighted by Crippen LogP contribution is -2.40. The Morgan fingerprint density at radius 3 is 2.72 bits per heavy atom. The van der Waals surface area contributed by atoms with E-state index in [1.54, 1.807) is 0 Å². The van der Waals surface area contributed by atoms with Gasteiger partial charge >= 0.3 is 5.97 Å². The number of nitrogens with one attached hydrogen (secondary N) is 1. The van der Waals surface area contributed by atoms with Crippen LogP contribution >= 0.6 is 0 Å². The van der Waals surface area contributed by atoms with Crippen molar-refractivity contribution in [2.45, 2.75) is 17.4 Å². The third-order valence-electron chi connectivity index (χ3n) is 2.10. The Bertz CT molecular complexity index is 556. The standard InChI is InChI=1S/C11H12FNO4S/c1-2-4-10(11(14)15)13-18(16,17)9-6-3-5-8(12)7-9/h2-3,5-7,10,13H,1,4H2,(H,14,15). The van der Waals surface area contributed by atoms with Crippen LogP contribution in [0.1, 0.15) is 6.42 Å². The van der Waals surface area contributed by atoms with Crippen molar-refractivity contribution < 1.29 is 22.7 Å². The molecule has 0 aliphatic heterocycles. The summed E-state index contributed by atoms with van der Waals surface area (Å²) in [7, 11) is -4.07. The molecule has 0 aliphatic rings. The molecule has 0 saturated carbocycles. The fourth-order valence-electron chi connectivity index (χ4n) is 1.26. The lowest BCUT2D eigenvalue weighted by Gasteiger charge is -2.12. The average Bonchev–Trinajstić information content (AvgIpc) is 2.28. The topological polar surface area (TPSA) is 83.5 Å². The maximum atomic E-state index is 12.9. The zero-order valence-electron chi connectivity index (χ0n) is 9.34. The molecular weight excluding hydrogens is 261 g/mol. The lowest BCUT2D eigenvalue weighted by atomic mass is 10.2. The number of carboxylic acids is 1. The number of hydrogen-bond acceptors (Lipinski definition) is 3. The van der Waals surface area contributed by atoms with Gasteiger partial charge in [-0.3, -0.25) is 4.79 Å². The van der Waals surface area contributed by atoms with E-state index in [1.807, 2.05) is 4.72 Å². The van der Waals surface area contributed by atoms with E-state index in [0.29, 0.717) is 0 Å². The van der Waals surface area contributed by atoms with Crippen LogP contribution in [0.25, 0.3) is 0 Å². The summed E-state index contributed by atoms with van der Waals surface area (Å²) in [6, 6.07) is 2.99. The van der Waals surface area contributed by atoms with Gasteiger partial charge in [-0.2, -0.15) is 4.72 Å². The van der Waals surface area contributed by atoms with Gasteiger partial charge in [-0.05, 0) is 24.6 Å². The van der Waals surface area contributed by atoms with Crippen molar-refractivity contribution in [3.8, 4) is 0 Å². The van der Waals surface area contributed by atoms with Gasteiger partial charge in [0, 0.05) is 0 Å². The van der Waals surface area contributed by atoms with Crippen LogP contribution in [0.4, 0.5) is 4.39 Å². The normalized spacial score (nSPS) is 12.9. The van der Waals surface area contributed by atoms with Gasteiger partial charge in [0.2, 0.25) is 10.0 Å². The van der Waals surface area contributed by atoms with Crippen LogP contribution in [0.15, 0.2) is 41.8 Å². The maximum absolute atomic E-state index is 12.9. The molecule has 1 aromatic rings. The molecule has 0 aromatic heterocycles. The molecule has 1 atom stereocenters. The summed E-state index contributed by atoms with van der Waals surface area (Å²) in [5, 5.41) is 8.82. The van der Waals surface area contributed by atoms with Gasteiger partial charge < -0.3 is 5.11 Å². The number of halogens is 1. The number of hydrogen-bond donors (Lipinski definition) is 2. The molecule has 0 saturated heterocycles. The Hall–Kier alpha value is -1.73. The van der Waals surface area contributed by atoms with Gasteiger partial charge in [-0.15, -0.1) is 6.58 Å². The Labute approximate surface area is 104 Å². The van der Waals surface area contributed by atoms with E-state index >= 15 is 0 Å². The molecule has 1 aromatic carbocycles. The number of aliphatic carboxylic acids is 1. The Kier molecular flexibility index (Phi) is 4.57. The molecule has 0 spiro atoms. The van der Waals surface area contributed by atoms with Gasteiger partial charge in [0.1, 0.15) is 11.9 Å². The first-order valence-corrected chi connectivity index (χ1v) is 6.46. The molecule has 0 bridgehead atoms. The summed E-state index contributed by atoms with van der Waals surface area (Å²) in [5.41, 5.74) is 0. The highest BCUT2D eigenvalue weighted by Crippen LogP contribution is 2.11. The highest BCUT2D eigenvalue weighted by atomic mass is 32.2. The number of carbonyl (C=O) groups is 1. The van der Waals surface area contributed by atoms with Crippen molar-refractivity contribution in [1.82, 2.24) is 4.72 Å². The SMILES string of the molecule is C=CCC(NS(=O)(=O)c1cccc(F)c1)C(=O)O. The zero-order valence-corrected chi connectivity index (χ0v) is 10.2. The van der Waals surface area contributed by atoms with Crippen molar-refractivity contribution in [2.24, 2.45) is 0 Å². The summed E-state index contributed by atoms with van der Waals surface area (Å²) in [6.07, 6.45) is 1.22. The lowest BCUT2D eigenvalue weighted by molar-refractivity contribution is -0.138. The predicted octanol–water partition coefficient (Wildman–Crippen LogP) is 1.13. The van der Waals surface area contributed by atoms with Gasteiger partial charge in [-0.1, -0.05) is 12.1 Å². The molecule has 5 nitrogen and oxygen atoms in total. The first-order chi connectivity index (χ1) is 8.36. The van der Waals surface area contributed by atoms with E-state index < -0.39 is 27.9 Å². The number of benzene rings is 1. The predicted molar refractivity (Wildman–Crippen MR) is 63.0 cm³/mol. The minimum Gasteiger partial charge on any atom is -0.480 e. The second-order valence-electron chi connectivity index (χ2n) is 3.49. The summed E-state index contributed by atoms with van der Waals surface area (Å²) in [6.45, 7) is 3.34. The van der Waals surface area contributed by atoms with Crippen molar-refractivity contribution in [3.05, 3.63) is 42.7 Å². The minimum absolute atomic E-state index is 0.0656. The highest BCUT2D eigenvalue weighted by Gasteiger charge is 2.24. The maximum Gasteiger partial charge on any atom is 0.322 e. The Balaban J connectivity index is 3.00. The largest absolute Gasteiger partial charge is 0.480 e. The van der Waals surface area contributed by atoms with Crippen LogP contribution in [0.2, 0.25) is 0 Å². The third kappa shape index (κ3) is 3.64. The van der Waals surface area contributed by atoms with Gasteiger partial charge in [-0.25, -0.2) is 12.8 Å². The number of rotatable bonds is 6. The number of carboxylic acid groups (broad SMARTS) is 1. The first-order valence-electron chi connectivity index (χ1n) is 4.98. The highest BCUT2D eigenvalue weighted by molar-refractivity contribution is 7.89. The molecule has 0 heterocycles. The summed E-state index contributed by atoms with van der Waals surface area (Å²) in [4.78, 5) is 10.5. The molecule has 0 fully saturated rings. The molecular formula is C11H12FNO4S. The van der Waals surface area contributed by atoms with Crippen LogP contribution in [-0.2, 0) is 14.8 Å². The molecule has 7 heteroatoms. The molecule has 18 heavy (non-hydrogen) atoms.